The summed E-state index contributed by atoms with van der Waals surface area (Å²) >= 11 is 3.40. The first kappa shape index (κ1) is 14.1. The van der Waals surface area contributed by atoms with Gasteiger partial charge in [-0.3, -0.25) is 9.69 Å². The SMILES string of the molecule is C=C(Br)CN1CCN(c2ccc(C(N)=O)cc2)CC1. The molecule has 102 valence electrons. The van der Waals surface area contributed by atoms with Crippen molar-refractivity contribution in [3.8, 4) is 0 Å². The second-order valence-corrected chi connectivity index (χ2v) is 5.81. The molecule has 1 fully saturated rings. The Morgan fingerprint density at radius 1 is 1.21 bits per heavy atom. The fourth-order valence-corrected chi connectivity index (χ4v) is 2.60. The molecule has 0 radical (unpaired) electrons. The zero-order chi connectivity index (χ0) is 13.8. The lowest BCUT2D eigenvalue weighted by Crippen LogP contribution is -2.46. The molecule has 0 aromatic heterocycles. The summed E-state index contributed by atoms with van der Waals surface area (Å²) < 4.78 is 1.02. The van der Waals surface area contributed by atoms with E-state index < -0.39 is 0 Å². The van der Waals surface area contributed by atoms with Crippen LogP contribution in [0.15, 0.2) is 35.3 Å². The number of rotatable bonds is 4. The van der Waals surface area contributed by atoms with Crippen molar-refractivity contribution >= 4 is 27.5 Å². The molecule has 0 bridgehead atoms. The summed E-state index contributed by atoms with van der Waals surface area (Å²) in [6.07, 6.45) is 0. The number of hydrogen-bond acceptors (Lipinski definition) is 3. The number of benzene rings is 1. The summed E-state index contributed by atoms with van der Waals surface area (Å²) in [5, 5.41) is 0. The number of piperazine rings is 1. The summed E-state index contributed by atoms with van der Waals surface area (Å²) in [5.41, 5.74) is 6.93. The standard InChI is InChI=1S/C14H18BrN3O/c1-11(15)10-17-6-8-18(9-7-17)13-4-2-12(3-5-13)14(16)19/h2-5H,1,6-10H2,(H2,16,19). The largest absolute Gasteiger partial charge is 0.369 e. The summed E-state index contributed by atoms with van der Waals surface area (Å²) in [5.74, 6) is -0.382. The van der Waals surface area contributed by atoms with Gasteiger partial charge >= 0.3 is 0 Å². The Morgan fingerprint density at radius 3 is 2.26 bits per heavy atom. The number of carbonyl (C=O) groups excluding carboxylic acids is 1. The molecule has 2 N–H and O–H groups in total. The third-order valence-electron chi connectivity index (χ3n) is 3.28. The maximum atomic E-state index is 11.0. The highest BCUT2D eigenvalue weighted by molar-refractivity contribution is 9.11. The van der Waals surface area contributed by atoms with Gasteiger partial charge in [-0.2, -0.15) is 0 Å². The molecule has 1 aliphatic heterocycles. The molecular formula is C14H18BrN3O. The van der Waals surface area contributed by atoms with Crippen LogP contribution in [-0.4, -0.2) is 43.5 Å². The minimum atomic E-state index is -0.382. The molecule has 1 aromatic rings. The maximum absolute atomic E-state index is 11.0. The molecule has 19 heavy (non-hydrogen) atoms. The first-order valence-electron chi connectivity index (χ1n) is 6.27. The van der Waals surface area contributed by atoms with Gasteiger partial charge in [0.2, 0.25) is 5.91 Å². The second-order valence-electron chi connectivity index (χ2n) is 4.69. The third kappa shape index (κ3) is 3.81. The lowest BCUT2D eigenvalue weighted by Gasteiger charge is -2.36. The molecule has 1 aliphatic rings. The van der Waals surface area contributed by atoms with Crippen LogP contribution in [0.5, 0.6) is 0 Å². The van der Waals surface area contributed by atoms with Gasteiger partial charge in [0.05, 0.1) is 0 Å². The average molecular weight is 324 g/mol. The topological polar surface area (TPSA) is 49.6 Å². The van der Waals surface area contributed by atoms with E-state index in [9.17, 15) is 4.79 Å². The molecule has 0 unspecified atom stereocenters. The number of carbonyl (C=O) groups is 1. The minimum absolute atomic E-state index is 0.382. The van der Waals surface area contributed by atoms with Crippen molar-refractivity contribution < 1.29 is 4.79 Å². The molecule has 2 rings (SSSR count). The van der Waals surface area contributed by atoms with Gasteiger partial charge in [-0.05, 0) is 24.3 Å². The van der Waals surface area contributed by atoms with Gasteiger partial charge in [0.25, 0.3) is 0 Å². The molecule has 1 amide bonds. The van der Waals surface area contributed by atoms with Gasteiger partial charge in [-0.15, -0.1) is 0 Å². The first-order valence-corrected chi connectivity index (χ1v) is 7.06. The Bertz CT molecular complexity index is 464. The smallest absolute Gasteiger partial charge is 0.248 e. The number of nitrogens with two attached hydrogens (primary N) is 1. The van der Waals surface area contributed by atoms with E-state index in [1.807, 2.05) is 12.1 Å². The number of hydrogen-bond donors (Lipinski definition) is 1. The van der Waals surface area contributed by atoms with E-state index >= 15 is 0 Å². The Kier molecular flexibility index (Phi) is 4.61. The molecule has 0 spiro atoms. The van der Waals surface area contributed by atoms with Crippen LogP contribution in [0.1, 0.15) is 10.4 Å². The zero-order valence-electron chi connectivity index (χ0n) is 10.8. The van der Waals surface area contributed by atoms with Gasteiger partial charge in [-0.1, -0.05) is 22.5 Å². The van der Waals surface area contributed by atoms with Crippen molar-refractivity contribution in [1.82, 2.24) is 4.90 Å². The highest BCUT2D eigenvalue weighted by atomic mass is 79.9. The Labute approximate surface area is 122 Å². The van der Waals surface area contributed by atoms with Crippen LogP contribution in [0.25, 0.3) is 0 Å². The summed E-state index contributed by atoms with van der Waals surface area (Å²) in [4.78, 5) is 15.7. The molecule has 0 atom stereocenters. The average Bonchev–Trinajstić information content (AvgIpc) is 2.39. The van der Waals surface area contributed by atoms with Gasteiger partial charge in [0, 0.05) is 48.5 Å². The van der Waals surface area contributed by atoms with E-state index in [0.29, 0.717) is 5.56 Å². The van der Waals surface area contributed by atoms with Crippen LogP contribution in [-0.2, 0) is 0 Å². The normalized spacial score (nSPS) is 16.4. The van der Waals surface area contributed by atoms with Crippen molar-refractivity contribution in [3.05, 3.63) is 40.9 Å². The zero-order valence-corrected chi connectivity index (χ0v) is 12.4. The van der Waals surface area contributed by atoms with E-state index in [1.54, 1.807) is 12.1 Å². The van der Waals surface area contributed by atoms with Crippen LogP contribution in [0.3, 0.4) is 0 Å². The van der Waals surface area contributed by atoms with Crippen molar-refractivity contribution in [2.24, 2.45) is 5.73 Å². The van der Waals surface area contributed by atoms with Crippen LogP contribution in [0.2, 0.25) is 0 Å². The number of anilines is 1. The van der Waals surface area contributed by atoms with Crippen molar-refractivity contribution in [3.63, 3.8) is 0 Å². The summed E-state index contributed by atoms with van der Waals surface area (Å²) in [7, 11) is 0. The summed E-state index contributed by atoms with van der Waals surface area (Å²) in [6.45, 7) is 8.76. The number of halogens is 1. The maximum Gasteiger partial charge on any atom is 0.248 e. The van der Waals surface area contributed by atoms with Gasteiger partial charge in [0.15, 0.2) is 0 Å². The van der Waals surface area contributed by atoms with Crippen LogP contribution in [0.4, 0.5) is 5.69 Å². The van der Waals surface area contributed by atoms with Crippen molar-refractivity contribution in [2.45, 2.75) is 0 Å². The number of amides is 1. The monoisotopic (exact) mass is 323 g/mol. The predicted molar refractivity (Wildman–Crippen MR) is 81.7 cm³/mol. The van der Waals surface area contributed by atoms with Crippen LogP contribution in [0, 0.1) is 0 Å². The molecule has 5 heteroatoms. The number of primary amides is 1. The predicted octanol–water partition coefficient (Wildman–Crippen LogP) is 1.82. The molecule has 0 saturated carbocycles. The third-order valence-corrected chi connectivity index (χ3v) is 3.54. The highest BCUT2D eigenvalue weighted by Crippen LogP contribution is 2.18. The van der Waals surface area contributed by atoms with Gasteiger partial charge < -0.3 is 10.6 Å². The first-order chi connectivity index (χ1) is 9.06. The molecular weight excluding hydrogens is 306 g/mol. The van der Waals surface area contributed by atoms with E-state index in [4.69, 9.17) is 5.73 Å². The lowest BCUT2D eigenvalue weighted by molar-refractivity contribution is 0.100. The lowest BCUT2D eigenvalue weighted by atomic mass is 10.1. The molecule has 4 nitrogen and oxygen atoms in total. The van der Waals surface area contributed by atoms with Gasteiger partial charge in [0.1, 0.15) is 0 Å². The minimum Gasteiger partial charge on any atom is -0.369 e. The Balaban J connectivity index is 1.94. The van der Waals surface area contributed by atoms with Crippen molar-refractivity contribution in [2.75, 3.05) is 37.6 Å². The second kappa shape index (κ2) is 6.21. The highest BCUT2D eigenvalue weighted by Gasteiger charge is 2.17. The van der Waals surface area contributed by atoms with Crippen LogP contribution >= 0.6 is 15.9 Å². The molecule has 1 heterocycles. The van der Waals surface area contributed by atoms with E-state index in [2.05, 4.69) is 32.3 Å². The van der Waals surface area contributed by atoms with Gasteiger partial charge in [-0.25, -0.2) is 0 Å². The van der Waals surface area contributed by atoms with E-state index in [0.717, 1.165) is 42.9 Å². The molecule has 1 aromatic carbocycles. The molecule has 0 aliphatic carbocycles. The summed E-state index contributed by atoms with van der Waals surface area (Å²) in [6, 6.07) is 7.48. The fourth-order valence-electron chi connectivity index (χ4n) is 2.24. The van der Waals surface area contributed by atoms with E-state index in [1.165, 1.54) is 0 Å². The fraction of sp³-hybridized carbons (Fsp3) is 0.357. The van der Waals surface area contributed by atoms with E-state index in [-0.39, 0.29) is 5.91 Å². The quantitative estimate of drug-likeness (QED) is 0.919. The van der Waals surface area contributed by atoms with Crippen molar-refractivity contribution in [1.29, 1.82) is 0 Å². The Hall–Kier alpha value is -1.33. The number of nitrogens with zero attached hydrogens (tertiary/aromatic N) is 2. The Morgan fingerprint density at radius 2 is 1.79 bits per heavy atom. The molecule has 1 saturated heterocycles. The van der Waals surface area contributed by atoms with Crippen LogP contribution < -0.4 is 10.6 Å².